The molecule has 2 bridgehead atoms. The second-order valence-electron chi connectivity index (χ2n) is 6.64. The average molecular weight is 272 g/mol. The third-order valence-corrected chi connectivity index (χ3v) is 7.82. The number of hydrogen-bond acceptors (Lipinski definition) is 3. The Morgan fingerprint density at radius 1 is 1.11 bits per heavy atom. The molecule has 0 amide bonds. The molecule has 104 valence electrons. The second-order valence-corrected chi connectivity index (χ2v) is 8.98. The van der Waals surface area contributed by atoms with Gasteiger partial charge >= 0.3 is 0 Å². The van der Waals surface area contributed by atoms with Gasteiger partial charge in [-0.3, -0.25) is 0 Å². The van der Waals surface area contributed by atoms with Gasteiger partial charge in [0.15, 0.2) is 9.84 Å². The van der Waals surface area contributed by atoms with Gasteiger partial charge in [0.2, 0.25) is 0 Å². The first-order chi connectivity index (χ1) is 8.56. The van der Waals surface area contributed by atoms with Crippen LogP contribution >= 0.6 is 0 Å². The van der Waals surface area contributed by atoms with Gasteiger partial charge in [-0.25, -0.2) is 8.42 Å². The summed E-state index contributed by atoms with van der Waals surface area (Å²) in [7, 11) is -3.03. The van der Waals surface area contributed by atoms with Crippen molar-refractivity contribution in [2.24, 2.45) is 17.8 Å². The van der Waals surface area contributed by atoms with E-state index in [-0.39, 0.29) is 5.75 Å². The lowest BCUT2D eigenvalue weighted by molar-refractivity contribution is 0.115. The summed E-state index contributed by atoms with van der Waals surface area (Å²) in [5.41, 5.74) is 0. The van der Waals surface area contributed by atoms with Crippen molar-refractivity contribution in [3.63, 3.8) is 0 Å². The van der Waals surface area contributed by atoms with E-state index in [0.717, 1.165) is 31.1 Å². The van der Waals surface area contributed by atoms with Crippen LogP contribution in [0.1, 0.15) is 51.4 Å². The van der Waals surface area contributed by atoms with E-state index in [0.29, 0.717) is 12.3 Å². The summed E-state index contributed by atoms with van der Waals surface area (Å²) in [6, 6.07) is 0. The topological polar surface area (TPSA) is 54.4 Å². The molecule has 1 aliphatic heterocycles. The van der Waals surface area contributed by atoms with Crippen molar-refractivity contribution < 1.29 is 13.5 Å². The largest absolute Gasteiger partial charge is 0.392 e. The third-order valence-electron chi connectivity index (χ3n) is 5.49. The molecule has 0 aromatic rings. The number of hydrogen-bond donors (Lipinski definition) is 1. The predicted octanol–water partition coefficient (Wildman–Crippen LogP) is 2.14. The van der Waals surface area contributed by atoms with E-state index >= 15 is 0 Å². The van der Waals surface area contributed by atoms with Gasteiger partial charge < -0.3 is 5.11 Å². The first kappa shape index (κ1) is 12.9. The van der Waals surface area contributed by atoms with Crippen molar-refractivity contribution in [1.82, 2.24) is 0 Å². The first-order valence-electron chi connectivity index (χ1n) is 7.46. The predicted molar refractivity (Wildman–Crippen MR) is 71.0 cm³/mol. The fourth-order valence-corrected chi connectivity index (χ4v) is 6.56. The highest BCUT2D eigenvalue weighted by Crippen LogP contribution is 2.50. The highest BCUT2D eigenvalue weighted by Gasteiger charge is 2.42. The molecule has 1 saturated heterocycles. The van der Waals surface area contributed by atoms with Gasteiger partial charge in [-0.05, 0) is 56.3 Å². The van der Waals surface area contributed by atoms with Crippen LogP contribution in [0.15, 0.2) is 0 Å². The van der Waals surface area contributed by atoms with Crippen LogP contribution < -0.4 is 0 Å². The molecule has 0 radical (unpaired) electrons. The molecule has 0 aromatic heterocycles. The van der Waals surface area contributed by atoms with Gasteiger partial charge in [0.25, 0.3) is 0 Å². The minimum atomic E-state index is -3.03. The lowest BCUT2D eigenvalue weighted by Gasteiger charge is -2.30. The summed E-state index contributed by atoms with van der Waals surface area (Å²) < 4.78 is 24.0. The zero-order valence-electron chi connectivity index (χ0n) is 10.9. The molecule has 18 heavy (non-hydrogen) atoms. The summed E-state index contributed by atoms with van der Waals surface area (Å²) in [5.74, 6) is 2.52. The van der Waals surface area contributed by atoms with E-state index in [1.54, 1.807) is 0 Å². The number of aliphatic hydroxyl groups excluding tert-OH is 1. The quantitative estimate of drug-likeness (QED) is 0.856. The van der Waals surface area contributed by atoms with Crippen LogP contribution in [-0.4, -0.2) is 30.6 Å². The number of rotatable bonds is 3. The Balaban J connectivity index is 1.62. The Labute approximate surface area is 110 Å². The van der Waals surface area contributed by atoms with E-state index in [1.807, 2.05) is 0 Å². The van der Waals surface area contributed by atoms with Gasteiger partial charge in [-0.2, -0.15) is 0 Å². The SMILES string of the molecule is O=S1(=O)CCCCC1C(O)CC1CC2CCC1C2. The maximum atomic E-state index is 12.0. The van der Waals surface area contributed by atoms with Crippen LogP contribution in [0.4, 0.5) is 0 Å². The van der Waals surface area contributed by atoms with Gasteiger partial charge in [0, 0.05) is 0 Å². The Bertz CT molecular complexity index is 403. The fourth-order valence-electron chi connectivity index (χ4n) is 4.54. The molecule has 1 heterocycles. The van der Waals surface area contributed by atoms with Crippen molar-refractivity contribution >= 4 is 9.84 Å². The molecular weight excluding hydrogens is 248 g/mol. The zero-order chi connectivity index (χ0) is 12.8. The van der Waals surface area contributed by atoms with Crippen molar-refractivity contribution in [2.45, 2.75) is 62.7 Å². The molecule has 2 aliphatic carbocycles. The zero-order valence-corrected chi connectivity index (χ0v) is 11.7. The summed E-state index contributed by atoms with van der Waals surface area (Å²) >= 11 is 0. The van der Waals surface area contributed by atoms with Crippen molar-refractivity contribution in [2.75, 3.05) is 5.75 Å². The summed E-state index contributed by atoms with van der Waals surface area (Å²) in [6.45, 7) is 0. The molecule has 4 heteroatoms. The molecule has 3 rings (SSSR count). The highest BCUT2D eigenvalue weighted by atomic mass is 32.2. The molecule has 3 nitrogen and oxygen atoms in total. The monoisotopic (exact) mass is 272 g/mol. The molecule has 3 aliphatic rings. The van der Waals surface area contributed by atoms with Crippen molar-refractivity contribution in [1.29, 1.82) is 0 Å². The Hall–Kier alpha value is -0.0900. The fraction of sp³-hybridized carbons (Fsp3) is 1.00. The standard InChI is InChI=1S/C14H24O3S/c15-13(14-3-1-2-6-18(14,16)17)9-12-8-10-4-5-11(12)7-10/h10-15H,1-9H2. The normalized spacial score (nSPS) is 44.1. The van der Waals surface area contributed by atoms with Crippen molar-refractivity contribution in [3.05, 3.63) is 0 Å². The van der Waals surface area contributed by atoms with Crippen LogP contribution in [0.3, 0.4) is 0 Å². The number of aliphatic hydroxyl groups is 1. The van der Waals surface area contributed by atoms with E-state index in [9.17, 15) is 13.5 Å². The minimum absolute atomic E-state index is 0.283. The number of fused-ring (bicyclic) bond motifs is 2. The summed E-state index contributed by atoms with van der Waals surface area (Å²) in [5, 5.41) is 9.85. The van der Waals surface area contributed by atoms with Gasteiger partial charge in [0.1, 0.15) is 0 Å². The molecular formula is C14H24O3S. The van der Waals surface area contributed by atoms with Crippen LogP contribution in [-0.2, 0) is 9.84 Å². The molecule has 5 atom stereocenters. The van der Waals surface area contributed by atoms with E-state index in [4.69, 9.17) is 0 Å². The van der Waals surface area contributed by atoms with Crippen LogP contribution in [0.2, 0.25) is 0 Å². The molecule has 0 aromatic carbocycles. The molecule has 5 unspecified atom stereocenters. The minimum Gasteiger partial charge on any atom is -0.392 e. The third kappa shape index (κ3) is 2.34. The van der Waals surface area contributed by atoms with E-state index < -0.39 is 21.2 Å². The first-order valence-corrected chi connectivity index (χ1v) is 9.17. The molecule has 3 fully saturated rings. The average Bonchev–Trinajstić information content (AvgIpc) is 2.90. The van der Waals surface area contributed by atoms with Crippen molar-refractivity contribution in [3.8, 4) is 0 Å². The number of sulfone groups is 1. The van der Waals surface area contributed by atoms with E-state index in [1.165, 1.54) is 25.7 Å². The summed E-state index contributed by atoms with van der Waals surface area (Å²) in [6.07, 6.45) is 7.74. The maximum absolute atomic E-state index is 12.0. The van der Waals surface area contributed by atoms with Gasteiger partial charge in [-0.15, -0.1) is 0 Å². The lowest BCUT2D eigenvalue weighted by Crippen LogP contribution is -2.39. The lowest BCUT2D eigenvalue weighted by atomic mass is 9.84. The van der Waals surface area contributed by atoms with Crippen LogP contribution in [0.25, 0.3) is 0 Å². The van der Waals surface area contributed by atoms with Gasteiger partial charge in [-0.1, -0.05) is 12.8 Å². The maximum Gasteiger partial charge on any atom is 0.155 e. The molecule has 1 N–H and O–H groups in total. The molecule has 2 saturated carbocycles. The van der Waals surface area contributed by atoms with Gasteiger partial charge in [0.05, 0.1) is 17.1 Å². The highest BCUT2D eigenvalue weighted by molar-refractivity contribution is 7.92. The second kappa shape index (κ2) is 4.78. The van der Waals surface area contributed by atoms with Crippen LogP contribution in [0.5, 0.6) is 0 Å². The smallest absolute Gasteiger partial charge is 0.155 e. The van der Waals surface area contributed by atoms with Crippen LogP contribution in [0, 0.1) is 17.8 Å². The summed E-state index contributed by atoms with van der Waals surface area (Å²) in [4.78, 5) is 0. The Kier molecular flexibility index (Phi) is 3.43. The Morgan fingerprint density at radius 3 is 2.56 bits per heavy atom. The molecule has 0 spiro atoms. The Morgan fingerprint density at radius 2 is 1.94 bits per heavy atom. The van der Waals surface area contributed by atoms with E-state index in [2.05, 4.69) is 0 Å².